The first-order valence-corrected chi connectivity index (χ1v) is 5.51. The normalized spacial score (nSPS) is 22.1. The van der Waals surface area contributed by atoms with E-state index in [0.29, 0.717) is 12.0 Å². The van der Waals surface area contributed by atoms with Gasteiger partial charge < -0.3 is 9.88 Å². The van der Waals surface area contributed by atoms with Gasteiger partial charge in [-0.05, 0) is 13.0 Å². The Labute approximate surface area is 89.5 Å². The van der Waals surface area contributed by atoms with Crippen molar-refractivity contribution in [3.8, 4) is 0 Å². The second-order valence-corrected chi connectivity index (χ2v) is 4.50. The van der Waals surface area contributed by atoms with Crippen LogP contribution in [0.5, 0.6) is 0 Å². The monoisotopic (exact) mass is 213 g/mol. The molecule has 0 bridgehead atoms. The summed E-state index contributed by atoms with van der Waals surface area (Å²) in [5, 5.41) is 4.11. The molecule has 4 heteroatoms. The first-order chi connectivity index (χ1) is 6.70. The van der Waals surface area contributed by atoms with Gasteiger partial charge in [-0.15, -0.1) is 0 Å². The van der Waals surface area contributed by atoms with Gasteiger partial charge in [0.25, 0.3) is 0 Å². The summed E-state index contributed by atoms with van der Waals surface area (Å²) in [5.41, 5.74) is 0. The molecule has 1 N–H and O–H groups in total. The molecule has 0 spiro atoms. The Balaban J connectivity index is 2.33. The van der Waals surface area contributed by atoms with E-state index in [1.807, 2.05) is 0 Å². The van der Waals surface area contributed by atoms with Gasteiger partial charge in [0.15, 0.2) is 0 Å². The number of aromatic nitrogens is 2. The molecule has 1 aliphatic heterocycles. The van der Waals surface area contributed by atoms with Crippen LogP contribution < -0.4 is 5.32 Å². The molecule has 2 rings (SSSR count). The molecule has 0 aliphatic carbocycles. The van der Waals surface area contributed by atoms with E-state index in [0.717, 1.165) is 30.5 Å². The van der Waals surface area contributed by atoms with Crippen molar-refractivity contribution in [2.45, 2.75) is 32.2 Å². The summed E-state index contributed by atoms with van der Waals surface area (Å²) in [6, 6.07) is 0.488. The highest BCUT2D eigenvalue weighted by Gasteiger charge is 2.22. The van der Waals surface area contributed by atoms with Crippen LogP contribution in [0.4, 0.5) is 0 Å². The summed E-state index contributed by atoms with van der Waals surface area (Å²) < 4.78 is 2.17. The molecule has 0 aromatic carbocycles. The molecule has 1 saturated heterocycles. The topological polar surface area (TPSA) is 29.9 Å². The lowest BCUT2D eigenvalue weighted by Crippen LogP contribution is -2.16. The Hall–Kier alpha value is -0.540. The van der Waals surface area contributed by atoms with Crippen molar-refractivity contribution in [1.29, 1.82) is 0 Å². The number of nitrogens with zero attached hydrogens (tertiary/aromatic N) is 2. The molecule has 2 heterocycles. The summed E-state index contributed by atoms with van der Waals surface area (Å²) in [7, 11) is 0. The molecule has 3 nitrogen and oxygen atoms in total. The molecule has 1 atom stereocenters. The van der Waals surface area contributed by atoms with E-state index in [1.54, 1.807) is 6.20 Å². The molecule has 1 aliphatic rings. The van der Waals surface area contributed by atoms with Crippen LogP contribution in [0.3, 0.4) is 0 Å². The van der Waals surface area contributed by atoms with Crippen LogP contribution in [0.15, 0.2) is 6.20 Å². The van der Waals surface area contributed by atoms with Gasteiger partial charge in [0.2, 0.25) is 0 Å². The second-order valence-electron chi connectivity index (χ2n) is 4.11. The van der Waals surface area contributed by atoms with Gasteiger partial charge in [0, 0.05) is 18.5 Å². The molecule has 14 heavy (non-hydrogen) atoms. The van der Waals surface area contributed by atoms with Gasteiger partial charge in [-0.2, -0.15) is 0 Å². The summed E-state index contributed by atoms with van der Waals surface area (Å²) in [5.74, 6) is 1.53. The molecule has 1 aromatic heterocycles. The van der Waals surface area contributed by atoms with Crippen LogP contribution in [-0.4, -0.2) is 22.6 Å². The Kier molecular flexibility index (Phi) is 2.79. The SMILES string of the molecule is CC(C)c1ncc(Cl)n1C1CCNC1. The lowest BCUT2D eigenvalue weighted by atomic mass is 10.2. The van der Waals surface area contributed by atoms with E-state index in [1.165, 1.54) is 0 Å². The highest BCUT2D eigenvalue weighted by molar-refractivity contribution is 6.29. The van der Waals surface area contributed by atoms with E-state index in [9.17, 15) is 0 Å². The number of hydrogen-bond donors (Lipinski definition) is 1. The van der Waals surface area contributed by atoms with Crippen molar-refractivity contribution in [2.75, 3.05) is 13.1 Å². The minimum atomic E-state index is 0.433. The molecule has 1 fully saturated rings. The van der Waals surface area contributed by atoms with Gasteiger partial charge in [0.05, 0.1) is 6.20 Å². The van der Waals surface area contributed by atoms with Crippen LogP contribution in [0.1, 0.15) is 38.1 Å². The summed E-state index contributed by atoms with van der Waals surface area (Å²) in [6.07, 6.45) is 2.91. The van der Waals surface area contributed by atoms with Gasteiger partial charge in [-0.25, -0.2) is 4.98 Å². The number of imidazole rings is 1. The number of nitrogens with one attached hydrogen (secondary N) is 1. The maximum atomic E-state index is 6.14. The molecule has 78 valence electrons. The maximum Gasteiger partial charge on any atom is 0.129 e. The number of halogens is 1. The van der Waals surface area contributed by atoms with Crippen LogP contribution in [0.25, 0.3) is 0 Å². The van der Waals surface area contributed by atoms with Crippen LogP contribution >= 0.6 is 11.6 Å². The van der Waals surface area contributed by atoms with E-state index < -0.39 is 0 Å². The Morgan fingerprint density at radius 3 is 3.00 bits per heavy atom. The number of rotatable bonds is 2. The van der Waals surface area contributed by atoms with E-state index in [-0.39, 0.29) is 0 Å². The predicted molar refractivity (Wildman–Crippen MR) is 57.8 cm³/mol. The fourth-order valence-corrected chi connectivity index (χ4v) is 2.28. The van der Waals surface area contributed by atoms with E-state index in [2.05, 4.69) is 28.7 Å². The number of hydrogen-bond acceptors (Lipinski definition) is 2. The Morgan fingerprint density at radius 1 is 1.64 bits per heavy atom. The molecule has 1 aromatic rings. The summed E-state index contributed by atoms with van der Waals surface area (Å²) >= 11 is 6.14. The highest BCUT2D eigenvalue weighted by Crippen LogP contribution is 2.26. The molecule has 1 unspecified atom stereocenters. The highest BCUT2D eigenvalue weighted by atomic mass is 35.5. The van der Waals surface area contributed by atoms with Crippen LogP contribution in [0.2, 0.25) is 5.15 Å². The van der Waals surface area contributed by atoms with E-state index >= 15 is 0 Å². The van der Waals surface area contributed by atoms with Gasteiger partial charge >= 0.3 is 0 Å². The maximum absolute atomic E-state index is 6.14. The largest absolute Gasteiger partial charge is 0.315 e. The second kappa shape index (κ2) is 3.91. The van der Waals surface area contributed by atoms with Crippen molar-refractivity contribution in [3.63, 3.8) is 0 Å². The zero-order chi connectivity index (χ0) is 10.1. The fourth-order valence-electron chi connectivity index (χ4n) is 2.00. The van der Waals surface area contributed by atoms with Crippen LogP contribution in [-0.2, 0) is 0 Å². The minimum Gasteiger partial charge on any atom is -0.315 e. The molecule has 0 amide bonds. The standard InChI is InChI=1S/C10H16ClN3/c1-7(2)10-13-6-9(11)14(10)8-3-4-12-5-8/h6-8,12H,3-5H2,1-2H3. The molecular weight excluding hydrogens is 198 g/mol. The first-order valence-electron chi connectivity index (χ1n) is 5.13. The quantitative estimate of drug-likeness (QED) is 0.817. The van der Waals surface area contributed by atoms with E-state index in [4.69, 9.17) is 11.6 Å². The van der Waals surface area contributed by atoms with Crippen molar-refractivity contribution in [3.05, 3.63) is 17.2 Å². The smallest absolute Gasteiger partial charge is 0.129 e. The van der Waals surface area contributed by atoms with Gasteiger partial charge in [0.1, 0.15) is 11.0 Å². The molecule has 0 radical (unpaired) electrons. The average molecular weight is 214 g/mol. The summed E-state index contributed by atoms with van der Waals surface area (Å²) in [4.78, 5) is 4.36. The Morgan fingerprint density at radius 2 is 2.43 bits per heavy atom. The lowest BCUT2D eigenvalue weighted by Gasteiger charge is -2.17. The summed E-state index contributed by atoms with van der Waals surface area (Å²) in [6.45, 7) is 6.39. The third-order valence-electron chi connectivity index (χ3n) is 2.70. The zero-order valence-electron chi connectivity index (χ0n) is 8.63. The van der Waals surface area contributed by atoms with Crippen molar-refractivity contribution in [1.82, 2.24) is 14.9 Å². The van der Waals surface area contributed by atoms with Crippen molar-refractivity contribution in [2.24, 2.45) is 0 Å². The average Bonchev–Trinajstić information content (AvgIpc) is 2.71. The zero-order valence-corrected chi connectivity index (χ0v) is 9.38. The lowest BCUT2D eigenvalue weighted by molar-refractivity contribution is 0.510. The third kappa shape index (κ3) is 1.66. The van der Waals surface area contributed by atoms with Gasteiger partial charge in [-0.1, -0.05) is 25.4 Å². The molecule has 0 saturated carbocycles. The fraction of sp³-hybridized carbons (Fsp3) is 0.700. The third-order valence-corrected chi connectivity index (χ3v) is 2.98. The first kappa shape index (κ1) is 9.99. The van der Waals surface area contributed by atoms with Crippen LogP contribution in [0, 0.1) is 0 Å². The van der Waals surface area contributed by atoms with Gasteiger partial charge in [-0.3, -0.25) is 0 Å². The predicted octanol–water partition coefficient (Wildman–Crippen LogP) is 2.19. The minimum absolute atomic E-state index is 0.433. The van der Waals surface area contributed by atoms with Crippen molar-refractivity contribution >= 4 is 11.6 Å². The van der Waals surface area contributed by atoms with Crippen molar-refractivity contribution < 1.29 is 0 Å². The molecular formula is C10H16ClN3. The Bertz CT molecular complexity index is 313.